The van der Waals surface area contributed by atoms with E-state index in [1.165, 1.54) is 23.9 Å². The van der Waals surface area contributed by atoms with E-state index in [1.54, 1.807) is 0 Å². The third-order valence-corrected chi connectivity index (χ3v) is 4.21. The Morgan fingerprint density at radius 1 is 1.58 bits per heavy atom. The number of aliphatic hydroxyl groups excluding tert-OH is 1. The van der Waals surface area contributed by atoms with Crippen molar-refractivity contribution in [2.45, 2.75) is 44.3 Å². The monoisotopic (exact) mass is 339 g/mol. The minimum absolute atomic E-state index is 0.173. The zero-order chi connectivity index (χ0) is 17.7. The second kappa shape index (κ2) is 8.11. The first kappa shape index (κ1) is 18.2. The SMILES string of the molecule is COC1[C@@H](C)[C@@H]([C@H](O)CCCN=[N+]=[N-])O[C@H]1n1ccc(=O)[nH]c1=O. The Morgan fingerprint density at radius 2 is 2.33 bits per heavy atom. The quantitative estimate of drug-likeness (QED) is 0.322. The van der Waals surface area contributed by atoms with Crippen LogP contribution in [0.2, 0.25) is 0 Å². The molecule has 0 spiro atoms. The van der Waals surface area contributed by atoms with Crippen LogP contribution in [0.5, 0.6) is 0 Å². The maximum absolute atomic E-state index is 12.0. The summed E-state index contributed by atoms with van der Waals surface area (Å²) in [6.45, 7) is 2.16. The summed E-state index contributed by atoms with van der Waals surface area (Å²) in [5.41, 5.74) is 7.16. The molecule has 10 heteroatoms. The highest BCUT2D eigenvalue weighted by atomic mass is 16.6. The van der Waals surface area contributed by atoms with Crippen molar-refractivity contribution in [1.29, 1.82) is 0 Å². The van der Waals surface area contributed by atoms with Crippen LogP contribution in [0.1, 0.15) is 26.0 Å². The number of nitrogens with one attached hydrogen (secondary N) is 1. The molecule has 0 bridgehead atoms. The fourth-order valence-corrected chi connectivity index (χ4v) is 3.01. The van der Waals surface area contributed by atoms with Gasteiger partial charge >= 0.3 is 5.69 Å². The van der Waals surface area contributed by atoms with Crippen molar-refractivity contribution >= 4 is 0 Å². The molecule has 2 N–H and O–H groups in total. The molecule has 1 aromatic heterocycles. The van der Waals surface area contributed by atoms with Gasteiger partial charge in [-0.25, -0.2) is 4.79 Å². The van der Waals surface area contributed by atoms with Crippen LogP contribution in [0.3, 0.4) is 0 Å². The molecule has 0 amide bonds. The largest absolute Gasteiger partial charge is 0.390 e. The number of azide groups is 1. The molecule has 5 atom stereocenters. The summed E-state index contributed by atoms with van der Waals surface area (Å²) in [4.78, 5) is 28.0. The van der Waals surface area contributed by atoms with Crippen molar-refractivity contribution in [3.05, 3.63) is 43.5 Å². The Morgan fingerprint density at radius 3 is 2.96 bits per heavy atom. The van der Waals surface area contributed by atoms with Gasteiger partial charge in [0.2, 0.25) is 0 Å². The molecular weight excluding hydrogens is 318 g/mol. The third-order valence-electron chi connectivity index (χ3n) is 4.21. The summed E-state index contributed by atoms with van der Waals surface area (Å²) in [5.74, 6) is -0.173. The molecule has 1 saturated heterocycles. The number of hydrogen-bond donors (Lipinski definition) is 2. The van der Waals surface area contributed by atoms with Crippen LogP contribution in [-0.4, -0.2) is 46.6 Å². The summed E-state index contributed by atoms with van der Waals surface area (Å²) in [6, 6.07) is 1.23. The van der Waals surface area contributed by atoms with Crippen molar-refractivity contribution in [1.82, 2.24) is 9.55 Å². The second-order valence-electron chi connectivity index (χ2n) is 5.73. The lowest BCUT2D eigenvalue weighted by Gasteiger charge is -2.22. The van der Waals surface area contributed by atoms with E-state index in [-0.39, 0.29) is 5.92 Å². The van der Waals surface area contributed by atoms with Gasteiger partial charge in [0.05, 0.1) is 12.2 Å². The molecule has 0 radical (unpaired) electrons. The normalized spacial score (nSPS) is 27.6. The molecule has 0 aliphatic carbocycles. The molecule has 2 rings (SSSR count). The van der Waals surface area contributed by atoms with Crippen LogP contribution in [0.15, 0.2) is 27.0 Å². The fraction of sp³-hybridized carbons (Fsp3) is 0.714. The molecule has 0 saturated carbocycles. The molecule has 1 aromatic rings. The van der Waals surface area contributed by atoms with E-state index in [9.17, 15) is 14.7 Å². The van der Waals surface area contributed by atoms with E-state index >= 15 is 0 Å². The van der Waals surface area contributed by atoms with Gasteiger partial charge in [0.25, 0.3) is 5.56 Å². The Hall–Kier alpha value is -2.13. The number of aliphatic hydroxyl groups is 1. The van der Waals surface area contributed by atoms with E-state index in [0.717, 1.165) is 0 Å². The van der Waals surface area contributed by atoms with Crippen LogP contribution in [0.4, 0.5) is 0 Å². The lowest BCUT2D eigenvalue weighted by Crippen LogP contribution is -2.36. The first-order chi connectivity index (χ1) is 11.5. The van der Waals surface area contributed by atoms with Gasteiger partial charge in [0.1, 0.15) is 6.10 Å². The molecule has 1 aliphatic rings. The average Bonchev–Trinajstić information content (AvgIpc) is 2.88. The molecular formula is C14H21N5O5. The molecule has 2 heterocycles. The maximum atomic E-state index is 12.0. The van der Waals surface area contributed by atoms with Gasteiger partial charge in [-0.1, -0.05) is 12.0 Å². The Bertz CT molecular complexity index is 710. The van der Waals surface area contributed by atoms with Gasteiger partial charge in [-0.15, -0.1) is 0 Å². The molecule has 1 unspecified atom stereocenters. The van der Waals surface area contributed by atoms with Gasteiger partial charge < -0.3 is 14.6 Å². The van der Waals surface area contributed by atoms with E-state index in [1.807, 2.05) is 6.92 Å². The van der Waals surface area contributed by atoms with Crippen molar-refractivity contribution in [2.24, 2.45) is 11.0 Å². The summed E-state index contributed by atoms with van der Waals surface area (Å²) in [6.07, 6.45) is -0.242. The summed E-state index contributed by atoms with van der Waals surface area (Å²) in [7, 11) is 1.50. The lowest BCUT2D eigenvalue weighted by molar-refractivity contribution is -0.0856. The number of rotatable bonds is 7. The summed E-state index contributed by atoms with van der Waals surface area (Å²) in [5, 5.41) is 13.8. The minimum atomic E-state index is -0.782. The third kappa shape index (κ3) is 3.85. The Balaban J connectivity index is 2.15. The smallest absolute Gasteiger partial charge is 0.330 e. The lowest BCUT2D eigenvalue weighted by atomic mass is 9.94. The van der Waals surface area contributed by atoms with Crippen LogP contribution in [0.25, 0.3) is 10.4 Å². The molecule has 10 nitrogen and oxygen atoms in total. The van der Waals surface area contributed by atoms with Gasteiger partial charge in [0.15, 0.2) is 6.23 Å². The number of H-pyrrole nitrogens is 1. The highest BCUT2D eigenvalue weighted by Gasteiger charge is 2.46. The van der Waals surface area contributed by atoms with Gasteiger partial charge in [-0.2, -0.15) is 0 Å². The fourth-order valence-electron chi connectivity index (χ4n) is 3.01. The first-order valence-corrected chi connectivity index (χ1v) is 7.68. The van der Waals surface area contributed by atoms with E-state index in [0.29, 0.717) is 19.4 Å². The Labute approximate surface area is 137 Å². The van der Waals surface area contributed by atoms with Crippen molar-refractivity contribution < 1.29 is 14.6 Å². The molecule has 132 valence electrons. The van der Waals surface area contributed by atoms with Crippen molar-refractivity contribution in [3.63, 3.8) is 0 Å². The minimum Gasteiger partial charge on any atom is -0.390 e. The molecule has 0 aromatic carbocycles. The number of methoxy groups -OCH3 is 1. The predicted molar refractivity (Wildman–Crippen MR) is 84.4 cm³/mol. The van der Waals surface area contributed by atoms with Crippen LogP contribution in [-0.2, 0) is 9.47 Å². The van der Waals surface area contributed by atoms with Crippen LogP contribution >= 0.6 is 0 Å². The predicted octanol–water partition coefficient (Wildman–Crippen LogP) is 0.536. The number of hydrogen-bond acceptors (Lipinski definition) is 6. The number of aromatic nitrogens is 2. The number of ether oxygens (including phenoxy) is 2. The van der Waals surface area contributed by atoms with E-state index < -0.39 is 35.8 Å². The van der Waals surface area contributed by atoms with Crippen molar-refractivity contribution in [2.75, 3.05) is 13.7 Å². The zero-order valence-electron chi connectivity index (χ0n) is 13.5. The average molecular weight is 339 g/mol. The Kier molecular flexibility index (Phi) is 6.16. The molecule has 24 heavy (non-hydrogen) atoms. The highest BCUT2D eigenvalue weighted by Crippen LogP contribution is 2.37. The molecule has 1 aliphatic heterocycles. The van der Waals surface area contributed by atoms with E-state index in [2.05, 4.69) is 15.0 Å². The summed E-state index contributed by atoms with van der Waals surface area (Å²) >= 11 is 0. The van der Waals surface area contributed by atoms with Gasteiger partial charge in [-0.05, 0) is 18.4 Å². The molecule has 1 fully saturated rings. The van der Waals surface area contributed by atoms with Crippen molar-refractivity contribution in [3.8, 4) is 0 Å². The number of aromatic amines is 1. The van der Waals surface area contributed by atoms with Crippen LogP contribution < -0.4 is 11.2 Å². The summed E-state index contributed by atoms with van der Waals surface area (Å²) < 4.78 is 12.6. The standard InChI is InChI=1S/C14H21N5O5/c1-8-11(9(20)4-3-6-16-18-15)24-13(12(8)23-2)19-7-5-10(21)17-14(19)22/h5,7-9,11-13,20H,3-4,6H2,1-2H3,(H,17,21,22)/t8-,9+,11-,12?,13+/m0/s1. The zero-order valence-corrected chi connectivity index (χ0v) is 13.5. The van der Waals surface area contributed by atoms with E-state index in [4.69, 9.17) is 15.0 Å². The van der Waals surface area contributed by atoms with Gasteiger partial charge in [0, 0.05) is 36.7 Å². The van der Waals surface area contributed by atoms with Gasteiger partial charge in [-0.3, -0.25) is 14.3 Å². The maximum Gasteiger partial charge on any atom is 0.330 e. The highest BCUT2D eigenvalue weighted by molar-refractivity contribution is 4.94. The first-order valence-electron chi connectivity index (χ1n) is 7.68. The number of nitrogens with zero attached hydrogens (tertiary/aromatic N) is 4. The topological polar surface area (TPSA) is 142 Å². The van der Waals surface area contributed by atoms with Crippen LogP contribution in [0, 0.1) is 5.92 Å². The second-order valence-corrected chi connectivity index (χ2v) is 5.73.